The summed E-state index contributed by atoms with van der Waals surface area (Å²) in [6, 6.07) is 2.81. The summed E-state index contributed by atoms with van der Waals surface area (Å²) in [6.45, 7) is -1.06. The van der Waals surface area contributed by atoms with Crippen molar-refractivity contribution in [1.82, 2.24) is 30.2 Å². The minimum Gasteiger partial charge on any atom is -0.270 e. The van der Waals surface area contributed by atoms with E-state index in [2.05, 4.69) is 25.5 Å². The highest BCUT2D eigenvalue weighted by Gasteiger charge is 2.31. The maximum atomic E-state index is 13.0. The van der Waals surface area contributed by atoms with E-state index < -0.39 is 24.3 Å². The number of aromatic nitrogens is 5. The monoisotopic (exact) mass is 421 g/mol. The molecular weight excluding hydrogens is 406 g/mol. The van der Waals surface area contributed by atoms with Crippen LogP contribution in [0.3, 0.4) is 0 Å². The molecule has 8 nitrogen and oxygen atoms in total. The zero-order chi connectivity index (χ0) is 21.7. The number of carbonyl (C=O) groups excluding carboxylic acids is 1. The number of benzene rings is 1. The highest BCUT2D eigenvalue weighted by molar-refractivity contribution is 5.90. The topological polar surface area (TPSA) is 88.8 Å². The minimum atomic E-state index is -4.63. The number of nitrogens with one attached hydrogen (secondary N) is 1. The lowest BCUT2D eigenvalue weighted by atomic mass is 10.1. The smallest absolute Gasteiger partial charge is 0.270 e. The van der Waals surface area contributed by atoms with Crippen molar-refractivity contribution in [3.63, 3.8) is 0 Å². The standard InChI is InChI=1S/C18H15F4N7O/c1-28(15-10-23-3-4-24-15)26-16(30)2-5-29-11-25-17(27-29)13-6-12(9-19)7-14(8-13)18(20,21)22/h2-8,10-11H,9H2,1H3,(H,26,30)/b5-2-. The molecule has 0 fully saturated rings. The van der Waals surface area contributed by atoms with Gasteiger partial charge in [-0.05, 0) is 23.8 Å². The van der Waals surface area contributed by atoms with E-state index >= 15 is 0 Å². The molecule has 2 aromatic heterocycles. The predicted molar refractivity (Wildman–Crippen MR) is 99.2 cm³/mol. The van der Waals surface area contributed by atoms with Crippen LogP contribution in [0.5, 0.6) is 0 Å². The van der Waals surface area contributed by atoms with E-state index in [1.165, 1.54) is 42.2 Å². The van der Waals surface area contributed by atoms with Gasteiger partial charge in [-0.2, -0.15) is 13.2 Å². The average Bonchev–Trinajstić information content (AvgIpc) is 3.21. The van der Waals surface area contributed by atoms with Crippen molar-refractivity contribution in [2.75, 3.05) is 12.1 Å². The molecule has 0 bridgehead atoms. The molecule has 1 N–H and O–H groups in total. The van der Waals surface area contributed by atoms with Crippen LogP contribution in [0.1, 0.15) is 11.1 Å². The zero-order valence-electron chi connectivity index (χ0n) is 15.5. The second-order valence-electron chi connectivity index (χ2n) is 6.01. The number of carbonyl (C=O) groups is 1. The molecule has 0 radical (unpaired) electrons. The lowest BCUT2D eigenvalue weighted by Gasteiger charge is -2.17. The third kappa shape index (κ3) is 5.16. The first-order chi connectivity index (χ1) is 14.3. The fourth-order valence-corrected chi connectivity index (χ4v) is 2.41. The summed E-state index contributed by atoms with van der Waals surface area (Å²) in [5.41, 5.74) is 1.40. The summed E-state index contributed by atoms with van der Waals surface area (Å²) >= 11 is 0. The Hall–Kier alpha value is -3.83. The molecule has 3 aromatic rings. The van der Waals surface area contributed by atoms with E-state index in [1.807, 2.05) is 0 Å². The molecule has 1 aromatic carbocycles. The molecule has 1 amide bonds. The molecule has 0 unspecified atom stereocenters. The summed E-state index contributed by atoms with van der Waals surface area (Å²) in [4.78, 5) is 23.8. The van der Waals surface area contributed by atoms with Crippen molar-refractivity contribution in [3.05, 3.63) is 60.3 Å². The van der Waals surface area contributed by atoms with Crippen LogP contribution in [-0.4, -0.2) is 37.7 Å². The lowest BCUT2D eigenvalue weighted by Crippen LogP contribution is -2.38. The molecule has 0 aliphatic heterocycles. The van der Waals surface area contributed by atoms with Crippen LogP contribution in [0.15, 0.2) is 49.2 Å². The van der Waals surface area contributed by atoms with Gasteiger partial charge in [-0.15, -0.1) is 5.10 Å². The fourth-order valence-electron chi connectivity index (χ4n) is 2.41. The van der Waals surface area contributed by atoms with E-state index in [4.69, 9.17) is 0 Å². The summed E-state index contributed by atoms with van der Waals surface area (Å²) in [5, 5.41) is 5.36. The van der Waals surface area contributed by atoms with E-state index in [0.29, 0.717) is 5.82 Å². The molecule has 0 atom stereocenters. The van der Waals surface area contributed by atoms with Gasteiger partial charge >= 0.3 is 6.18 Å². The maximum absolute atomic E-state index is 13.0. The number of hydrogen-bond donors (Lipinski definition) is 1. The summed E-state index contributed by atoms with van der Waals surface area (Å²) < 4.78 is 53.1. The molecule has 12 heteroatoms. The summed E-state index contributed by atoms with van der Waals surface area (Å²) in [7, 11) is 1.57. The van der Waals surface area contributed by atoms with Crippen LogP contribution in [0.4, 0.5) is 23.4 Å². The van der Waals surface area contributed by atoms with Crippen LogP contribution in [0.2, 0.25) is 0 Å². The van der Waals surface area contributed by atoms with E-state index in [-0.39, 0.29) is 17.0 Å². The Balaban J connectivity index is 1.73. The number of amides is 1. The predicted octanol–water partition coefficient (Wildman–Crippen LogP) is 2.86. The van der Waals surface area contributed by atoms with Crippen molar-refractivity contribution in [2.45, 2.75) is 12.9 Å². The van der Waals surface area contributed by atoms with Gasteiger partial charge in [0.2, 0.25) is 0 Å². The number of hydrazine groups is 1. The number of alkyl halides is 4. The average molecular weight is 421 g/mol. The van der Waals surface area contributed by atoms with Crippen LogP contribution in [0.25, 0.3) is 17.6 Å². The van der Waals surface area contributed by atoms with Crippen LogP contribution in [-0.2, 0) is 17.6 Å². The Morgan fingerprint density at radius 3 is 2.70 bits per heavy atom. The molecule has 2 heterocycles. The van der Waals surface area contributed by atoms with Gasteiger partial charge in [-0.25, -0.2) is 19.0 Å². The minimum absolute atomic E-state index is 0.0106. The van der Waals surface area contributed by atoms with E-state index in [9.17, 15) is 22.4 Å². The lowest BCUT2D eigenvalue weighted by molar-refractivity contribution is -0.137. The first-order valence-electron chi connectivity index (χ1n) is 8.43. The number of halogens is 4. The Morgan fingerprint density at radius 1 is 1.23 bits per heavy atom. The molecule has 0 aliphatic rings. The van der Waals surface area contributed by atoms with Gasteiger partial charge in [-0.3, -0.25) is 20.2 Å². The SMILES string of the molecule is CN(NC(=O)/C=C\n1cnc(-c2cc(CF)cc(C(F)(F)F)c2)n1)c1cnccn1. The van der Waals surface area contributed by atoms with Crippen molar-refractivity contribution in [1.29, 1.82) is 0 Å². The van der Waals surface area contributed by atoms with Crippen molar-refractivity contribution >= 4 is 17.9 Å². The molecule has 3 rings (SSSR count). The molecule has 0 spiro atoms. The largest absolute Gasteiger partial charge is 0.416 e. The zero-order valence-corrected chi connectivity index (χ0v) is 15.5. The second-order valence-corrected chi connectivity index (χ2v) is 6.01. The van der Waals surface area contributed by atoms with Crippen molar-refractivity contribution < 1.29 is 22.4 Å². The van der Waals surface area contributed by atoms with Crippen molar-refractivity contribution in [2.24, 2.45) is 0 Å². The van der Waals surface area contributed by atoms with Gasteiger partial charge < -0.3 is 0 Å². The van der Waals surface area contributed by atoms with Crippen LogP contribution in [0, 0.1) is 0 Å². The first-order valence-corrected chi connectivity index (χ1v) is 8.43. The summed E-state index contributed by atoms with van der Waals surface area (Å²) in [6.07, 6.45) is 3.39. The highest BCUT2D eigenvalue weighted by Crippen LogP contribution is 2.32. The van der Waals surface area contributed by atoms with Crippen LogP contribution >= 0.6 is 0 Å². The molecule has 30 heavy (non-hydrogen) atoms. The van der Waals surface area contributed by atoms with Crippen LogP contribution < -0.4 is 10.4 Å². The van der Waals surface area contributed by atoms with Crippen molar-refractivity contribution in [3.8, 4) is 11.4 Å². The van der Waals surface area contributed by atoms with E-state index in [1.54, 1.807) is 7.05 Å². The Kier molecular flexibility index (Phi) is 6.04. The van der Waals surface area contributed by atoms with E-state index in [0.717, 1.165) is 22.9 Å². The third-order valence-electron chi connectivity index (χ3n) is 3.79. The molecule has 0 aliphatic carbocycles. The van der Waals surface area contributed by atoms with Gasteiger partial charge in [0.15, 0.2) is 11.6 Å². The normalized spacial score (nSPS) is 11.6. The van der Waals surface area contributed by atoms with Gasteiger partial charge in [0.25, 0.3) is 5.91 Å². The molecule has 0 saturated heterocycles. The quantitative estimate of drug-likeness (QED) is 0.374. The number of nitrogens with zero attached hydrogens (tertiary/aromatic N) is 6. The second kappa shape index (κ2) is 8.68. The number of rotatable bonds is 6. The van der Waals surface area contributed by atoms with Gasteiger partial charge in [0.05, 0.1) is 11.8 Å². The Bertz CT molecular complexity index is 1050. The highest BCUT2D eigenvalue weighted by atomic mass is 19.4. The van der Waals surface area contributed by atoms with Gasteiger partial charge in [0.1, 0.15) is 13.0 Å². The molecule has 156 valence electrons. The Morgan fingerprint density at radius 2 is 2.03 bits per heavy atom. The van der Waals surface area contributed by atoms with Gasteiger partial charge in [0, 0.05) is 37.3 Å². The summed E-state index contributed by atoms with van der Waals surface area (Å²) in [5.74, 6) is -0.146. The number of anilines is 1. The first kappa shape index (κ1) is 20.9. The molecule has 0 saturated carbocycles. The fraction of sp³-hybridized carbons (Fsp3) is 0.167. The Labute approximate surface area is 167 Å². The van der Waals surface area contributed by atoms with Gasteiger partial charge in [-0.1, -0.05) is 0 Å². The maximum Gasteiger partial charge on any atom is 0.416 e. The number of hydrogen-bond acceptors (Lipinski definition) is 6. The molecular formula is C18H15F4N7O. The third-order valence-corrected chi connectivity index (χ3v) is 3.79.